The van der Waals surface area contributed by atoms with Crippen molar-refractivity contribution in [3.05, 3.63) is 16.4 Å². The van der Waals surface area contributed by atoms with Crippen LogP contribution in [0.15, 0.2) is 5.10 Å². The molecule has 0 aliphatic carbocycles. The van der Waals surface area contributed by atoms with Gasteiger partial charge in [0, 0.05) is 12.1 Å². The zero-order valence-electron chi connectivity index (χ0n) is 13.3. The summed E-state index contributed by atoms with van der Waals surface area (Å²) in [7, 11) is 0. The van der Waals surface area contributed by atoms with Crippen LogP contribution in [-0.2, 0) is 4.79 Å². The van der Waals surface area contributed by atoms with Gasteiger partial charge in [-0.15, -0.1) is 0 Å². The number of aliphatic hydroxyl groups is 1. The third-order valence-electron chi connectivity index (χ3n) is 3.92. The number of hydrogen-bond acceptors (Lipinski definition) is 4. The second-order valence-electron chi connectivity index (χ2n) is 5.69. The van der Waals surface area contributed by atoms with Gasteiger partial charge < -0.3 is 5.11 Å². The van der Waals surface area contributed by atoms with Crippen molar-refractivity contribution >= 4 is 23.2 Å². The Bertz CT molecular complexity index is 661. The van der Waals surface area contributed by atoms with Crippen molar-refractivity contribution in [3.63, 3.8) is 0 Å². The lowest BCUT2D eigenvalue weighted by atomic mass is 10.1. The Morgan fingerprint density at radius 1 is 1.43 bits per heavy atom. The maximum atomic E-state index is 13.3. The van der Waals surface area contributed by atoms with E-state index >= 15 is 0 Å². The molecule has 23 heavy (non-hydrogen) atoms. The summed E-state index contributed by atoms with van der Waals surface area (Å²) in [6.07, 6.45) is -3.22. The fourth-order valence-electron chi connectivity index (χ4n) is 2.69. The summed E-state index contributed by atoms with van der Waals surface area (Å²) in [6.45, 7) is 6.59. The fraction of sp³-hybridized carbons (Fsp3) is 0.643. The van der Waals surface area contributed by atoms with Crippen LogP contribution >= 0.6 is 11.6 Å². The average Bonchev–Trinajstić information content (AvgIpc) is 2.92. The van der Waals surface area contributed by atoms with E-state index in [-0.39, 0.29) is 12.1 Å². The summed E-state index contributed by atoms with van der Waals surface area (Å²) in [5.74, 6) is -0.741. The molecule has 1 aromatic heterocycles. The van der Waals surface area contributed by atoms with E-state index in [4.69, 9.17) is 11.6 Å². The van der Waals surface area contributed by atoms with Crippen LogP contribution in [0.25, 0.3) is 0 Å². The summed E-state index contributed by atoms with van der Waals surface area (Å²) in [5, 5.41) is 19.1. The lowest BCUT2D eigenvalue weighted by Gasteiger charge is -2.32. The Balaban J connectivity index is 2.42. The van der Waals surface area contributed by atoms with Crippen LogP contribution < -0.4 is 0 Å². The normalized spacial score (nSPS) is 22.7. The molecule has 2 unspecified atom stereocenters. The molecule has 2 heterocycles. The predicted octanol–water partition coefficient (Wildman–Crippen LogP) is 2.67. The molecule has 1 aliphatic heterocycles. The zero-order valence-corrected chi connectivity index (χ0v) is 14.1. The number of aromatic nitrogens is 2. The monoisotopic (exact) mass is 348 g/mol. The van der Waals surface area contributed by atoms with Gasteiger partial charge in [-0.1, -0.05) is 18.5 Å². The number of carbonyl (C=O) groups excluding carboxylic acids is 1. The molecule has 0 aromatic carbocycles. The Hall–Kier alpha value is -1.54. The molecule has 1 aromatic rings. The molecule has 0 bridgehead atoms. The van der Waals surface area contributed by atoms with Gasteiger partial charge in [0.1, 0.15) is 6.04 Å². The molecule has 1 aliphatic rings. The quantitative estimate of drug-likeness (QED) is 0.909. The van der Waals surface area contributed by atoms with Crippen molar-refractivity contribution in [1.29, 1.82) is 0 Å². The maximum Gasteiger partial charge on any atom is 0.287 e. The van der Waals surface area contributed by atoms with Crippen LogP contribution in [0.3, 0.4) is 0 Å². The molecule has 0 spiro atoms. The van der Waals surface area contributed by atoms with Gasteiger partial charge in [0.05, 0.1) is 16.4 Å². The number of halogens is 3. The van der Waals surface area contributed by atoms with E-state index in [1.165, 1.54) is 11.6 Å². The smallest absolute Gasteiger partial charge is 0.287 e. The van der Waals surface area contributed by atoms with Crippen molar-refractivity contribution in [3.8, 4) is 0 Å². The van der Waals surface area contributed by atoms with Crippen LogP contribution in [0.5, 0.6) is 0 Å². The Kier molecular flexibility index (Phi) is 4.77. The Morgan fingerprint density at radius 3 is 2.48 bits per heavy atom. The van der Waals surface area contributed by atoms with Crippen LogP contribution in [0.2, 0.25) is 5.02 Å². The molecular formula is C14H19ClF2N4O2. The highest BCUT2D eigenvalue weighted by atomic mass is 35.5. The number of rotatable bonds is 4. The van der Waals surface area contributed by atoms with Crippen LogP contribution in [0, 0.1) is 13.8 Å². The third-order valence-corrected chi connectivity index (χ3v) is 4.46. The highest BCUT2D eigenvalue weighted by molar-refractivity contribution is 6.31. The number of carbonyl (C=O) groups is 1. The molecule has 1 N–H and O–H groups in total. The highest BCUT2D eigenvalue weighted by Gasteiger charge is 2.52. The molecule has 2 atom stereocenters. The lowest BCUT2D eigenvalue weighted by Crippen LogP contribution is -2.53. The summed E-state index contributed by atoms with van der Waals surface area (Å²) >= 11 is 6.09. The van der Waals surface area contributed by atoms with Crippen molar-refractivity contribution in [2.75, 3.05) is 0 Å². The average molecular weight is 349 g/mol. The van der Waals surface area contributed by atoms with Gasteiger partial charge in [-0.25, -0.2) is 8.78 Å². The molecule has 128 valence electrons. The van der Waals surface area contributed by atoms with Crippen LogP contribution in [0.1, 0.15) is 44.1 Å². The Labute approximate surface area is 137 Å². The molecule has 6 nitrogen and oxygen atoms in total. The minimum absolute atomic E-state index is 0.266. The summed E-state index contributed by atoms with van der Waals surface area (Å²) in [4.78, 5) is 12.7. The second kappa shape index (κ2) is 6.16. The minimum Gasteiger partial charge on any atom is -0.364 e. The summed E-state index contributed by atoms with van der Waals surface area (Å²) < 4.78 is 27.9. The highest BCUT2D eigenvalue weighted by Crippen LogP contribution is 2.34. The van der Waals surface area contributed by atoms with E-state index in [2.05, 4.69) is 10.2 Å². The second-order valence-corrected chi connectivity index (χ2v) is 6.07. The van der Waals surface area contributed by atoms with Crippen molar-refractivity contribution < 1.29 is 18.7 Å². The van der Waals surface area contributed by atoms with E-state index in [1.54, 1.807) is 20.8 Å². The van der Waals surface area contributed by atoms with Crippen molar-refractivity contribution in [1.82, 2.24) is 14.8 Å². The first-order chi connectivity index (χ1) is 10.6. The van der Waals surface area contributed by atoms with E-state index in [9.17, 15) is 18.7 Å². The molecule has 0 radical (unpaired) electrons. The van der Waals surface area contributed by atoms with Crippen LogP contribution in [0.4, 0.5) is 8.78 Å². The molecule has 2 rings (SSSR count). The SMILES string of the molecule is CCC(C(=O)N1N=C(C)CC1(O)C(F)F)n1nc(C)c(Cl)c1C. The number of alkyl halides is 2. The molecule has 0 fully saturated rings. The van der Waals surface area contributed by atoms with E-state index < -0.39 is 24.1 Å². The third kappa shape index (κ3) is 2.85. The molecule has 1 amide bonds. The number of aryl methyl sites for hydroxylation is 1. The first kappa shape index (κ1) is 17.8. The van der Waals surface area contributed by atoms with E-state index in [0.29, 0.717) is 27.8 Å². The van der Waals surface area contributed by atoms with Crippen LogP contribution in [-0.4, -0.2) is 43.7 Å². The van der Waals surface area contributed by atoms with E-state index in [1.807, 2.05) is 0 Å². The number of nitrogens with zero attached hydrogens (tertiary/aromatic N) is 4. The topological polar surface area (TPSA) is 70.7 Å². The van der Waals surface area contributed by atoms with Gasteiger partial charge >= 0.3 is 0 Å². The predicted molar refractivity (Wildman–Crippen MR) is 81.6 cm³/mol. The molecule has 9 heteroatoms. The largest absolute Gasteiger partial charge is 0.364 e. The number of hydrazone groups is 1. The zero-order chi connectivity index (χ0) is 17.5. The van der Waals surface area contributed by atoms with Gasteiger partial charge in [0.15, 0.2) is 0 Å². The fourth-order valence-corrected chi connectivity index (χ4v) is 2.82. The molecule has 0 saturated carbocycles. The van der Waals surface area contributed by atoms with Gasteiger partial charge in [-0.3, -0.25) is 9.48 Å². The van der Waals surface area contributed by atoms with Crippen molar-refractivity contribution in [2.24, 2.45) is 5.10 Å². The Morgan fingerprint density at radius 2 is 2.04 bits per heavy atom. The first-order valence-corrected chi connectivity index (χ1v) is 7.61. The van der Waals surface area contributed by atoms with Gasteiger partial charge in [0.25, 0.3) is 12.3 Å². The summed E-state index contributed by atoms with van der Waals surface area (Å²) in [5.41, 5.74) is -1.25. The standard InChI is InChI=1S/C14H19ClF2N4O2/c1-5-10(20-9(4)11(15)8(3)19-20)12(22)21-14(23,13(16)17)6-7(2)18-21/h10,13,23H,5-6H2,1-4H3. The van der Waals surface area contributed by atoms with Gasteiger partial charge in [0.2, 0.25) is 5.72 Å². The summed E-state index contributed by atoms with van der Waals surface area (Å²) in [6, 6.07) is -0.874. The lowest BCUT2D eigenvalue weighted by molar-refractivity contribution is -0.194. The first-order valence-electron chi connectivity index (χ1n) is 7.23. The maximum absolute atomic E-state index is 13.3. The van der Waals surface area contributed by atoms with E-state index in [0.717, 1.165) is 0 Å². The minimum atomic E-state index is -3.13. The number of hydrogen-bond donors (Lipinski definition) is 1. The molecule has 0 saturated heterocycles. The van der Waals surface area contributed by atoms with Gasteiger partial charge in [-0.2, -0.15) is 15.2 Å². The molecular weight excluding hydrogens is 330 g/mol. The number of amides is 1. The van der Waals surface area contributed by atoms with Gasteiger partial charge in [-0.05, 0) is 27.2 Å². The van der Waals surface area contributed by atoms with Crippen molar-refractivity contribution in [2.45, 2.75) is 58.7 Å².